The van der Waals surface area contributed by atoms with Crippen LogP contribution in [0, 0.1) is 5.92 Å². The largest absolute Gasteiger partial charge is 0.477 e. The number of nitrogens with zero attached hydrogens (tertiary/aromatic N) is 1. The SMILES string of the molecule is CNC(=S)c1csc(C2=C(C(=O)O)N3C(=O)C(C(C)O)C3C2)c1. The molecule has 0 aliphatic carbocycles. The Morgan fingerprint density at radius 2 is 2.26 bits per heavy atom. The average molecular weight is 352 g/mol. The van der Waals surface area contributed by atoms with E-state index in [1.165, 1.54) is 16.2 Å². The standard InChI is InChI=1S/C15H16N2O4S2/c1-6(18)11-9-4-8(12(15(20)21)17(9)14(11)19)10-3-7(5-23-10)13(22)16-2/h3,5-6,9,11,18H,4H2,1-2H3,(H,16,22)(H,20,21). The van der Waals surface area contributed by atoms with Crippen molar-refractivity contribution in [2.24, 2.45) is 5.92 Å². The van der Waals surface area contributed by atoms with Gasteiger partial charge in [0.15, 0.2) is 0 Å². The molecule has 3 atom stereocenters. The zero-order chi connectivity index (χ0) is 16.9. The van der Waals surface area contributed by atoms with Crippen LogP contribution < -0.4 is 5.32 Å². The number of carboxylic acids is 1. The van der Waals surface area contributed by atoms with Gasteiger partial charge in [-0.1, -0.05) is 12.2 Å². The Morgan fingerprint density at radius 1 is 1.57 bits per heavy atom. The van der Waals surface area contributed by atoms with Gasteiger partial charge < -0.3 is 20.4 Å². The number of aliphatic hydroxyl groups excluding tert-OH is 1. The number of amides is 1. The first-order valence-electron chi connectivity index (χ1n) is 7.15. The Labute approximate surface area is 142 Å². The monoisotopic (exact) mass is 352 g/mol. The summed E-state index contributed by atoms with van der Waals surface area (Å²) in [6, 6.07) is 1.57. The van der Waals surface area contributed by atoms with Crippen LogP contribution in [0.1, 0.15) is 23.8 Å². The molecule has 0 bridgehead atoms. The van der Waals surface area contributed by atoms with Crippen LogP contribution in [0.5, 0.6) is 0 Å². The Bertz CT molecular complexity index is 738. The van der Waals surface area contributed by atoms with Gasteiger partial charge in [0.1, 0.15) is 10.7 Å². The summed E-state index contributed by atoms with van der Waals surface area (Å²) in [5.74, 6) is -1.97. The zero-order valence-electron chi connectivity index (χ0n) is 12.6. The highest BCUT2D eigenvalue weighted by Crippen LogP contribution is 2.47. The van der Waals surface area contributed by atoms with Gasteiger partial charge in [0.25, 0.3) is 0 Å². The number of carbonyl (C=O) groups excluding carboxylic acids is 1. The summed E-state index contributed by atoms with van der Waals surface area (Å²) in [6.45, 7) is 1.56. The number of thiophene rings is 1. The van der Waals surface area contributed by atoms with Crippen molar-refractivity contribution in [3.8, 4) is 0 Å². The molecule has 0 saturated carbocycles. The molecule has 1 saturated heterocycles. The van der Waals surface area contributed by atoms with Gasteiger partial charge in [0.05, 0.1) is 18.1 Å². The number of nitrogens with one attached hydrogen (secondary N) is 1. The molecule has 3 rings (SSSR count). The minimum absolute atomic E-state index is 0.0284. The third-order valence-corrected chi connectivity index (χ3v) is 5.75. The first-order chi connectivity index (χ1) is 10.9. The molecule has 1 aromatic heterocycles. The fourth-order valence-corrected chi connectivity index (χ4v) is 4.40. The molecule has 1 aromatic rings. The molecule has 2 aliphatic heterocycles. The first-order valence-corrected chi connectivity index (χ1v) is 8.44. The quantitative estimate of drug-likeness (QED) is 0.554. The van der Waals surface area contributed by atoms with E-state index >= 15 is 0 Å². The molecular weight excluding hydrogens is 336 g/mol. The highest BCUT2D eigenvalue weighted by Gasteiger charge is 2.56. The van der Waals surface area contributed by atoms with Crippen LogP contribution in [0.3, 0.4) is 0 Å². The number of fused-ring (bicyclic) bond motifs is 1. The number of thiocarbonyl (C=S) groups is 1. The molecule has 122 valence electrons. The van der Waals surface area contributed by atoms with Gasteiger partial charge in [0.2, 0.25) is 5.91 Å². The molecule has 8 heteroatoms. The van der Waals surface area contributed by atoms with E-state index in [1.807, 2.05) is 11.4 Å². The summed E-state index contributed by atoms with van der Waals surface area (Å²) in [4.78, 5) is 26.5. The summed E-state index contributed by atoms with van der Waals surface area (Å²) in [6.07, 6.45) is -0.344. The number of carboxylic acid groups (broad SMARTS) is 1. The van der Waals surface area contributed by atoms with Gasteiger partial charge in [-0.3, -0.25) is 4.79 Å². The van der Waals surface area contributed by atoms with Crippen molar-refractivity contribution in [3.63, 3.8) is 0 Å². The molecule has 0 aromatic carbocycles. The maximum Gasteiger partial charge on any atom is 0.352 e. The average Bonchev–Trinajstić information content (AvgIpc) is 3.08. The summed E-state index contributed by atoms with van der Waals surface area (Å²) < 4.78 is 0. The number of carbonyl (C=O) groups is 2. The molecule has 3 heterocycles. The number of hydrogen-bond acceptors (Lipinski definition) is 5. The fourth-order valence-electron chi connectivity index (χ4n) is 3.25. The van der Waals surface area contributed by atoms with Gasteiger partial charge in [0, 0.05) is 28.4 Å². The second-order valence-electron chi connectivity index (χ2n) is 5.66. The molecule has 3 unspecified atom stereocenters. The number of aliphatic carboxylic acids is 1. The third-order valence-electron chi connectivity index (χ3n) is 4.32. The maximum atomic E-state index is 12.2. The summed E-state index contributed by atoms with van der Waals surface area (Å²) in [5, 5.41) is 24.0. The van der Waals surface area contributed by atoms with Crippen molar-refractivity contribution in [2.45, 2.75) is 25.5 Å². The van der Waals surface area contributed by atoms with Crippen LogP contribution in [0.15, 0.2) is 17.1 Å². The van der Waals surface area contributed by atoms with E-state index in [0.29, 0.717) is 17.0 Å². The van der Waals surface area contributed by atoms with Gasteiger partial charge in [-0.15, -0.1) is 11.3 Å². The van der Waals surface area contributed by atoms with E-state index in [0.717, 1.165) is 10.4 Å². The van der Waals surface area contributed by atoms with Crippen molar-refractivity contribution in [1.82, 2.24) is 10.2 Å². The molecular formula is C15H16N2O4S2. The van der Waals surface area contributed by atoms with Crippen molar-refractivity contribution in [2.75, 3.05) is 7.05 Å². The Balaban J connectivity index is 1.98. The lowest BCUT2D eigenvalue weighted by Crippen LogP contribution is -2.61. The highest BCUT2D eigenvalue weighted by atomic mass is 32.1. The highest BCUT2D eigenvalue weighted by molar-refractivity contribution is 7.80. The second-order valence-corrected chi connectivity index (χ2v) is 6.98. The van der Waals surface area contributed by atoms with Gasteiger partial charge >= 0.3 is 5.97 Å². The predicted octanol–water partition coefficient (Wildman–Crippen LogP) is 1.05. The molecule has 1 amide bonds. The number of β-lactam (4-membered cyclic amide) rings is 1. The molecule has 23 heavy (non-hydrogen) atoms. The van der Waals surface area contributed by atoms with Crippen molar-refractivity contribution in [3.05, 3.63) is 27.6 Å². The van der Waals surface area contributed by atoms with E-state index in [-0.39, 0.29) is 17.6 Å². The van der Waals surface area contributed by atoms with E-state index in [2.05, 4.69) is 5.32 Å². The minimum Gasteiger partial charge on any atom is -0.477 e. The molecule has 0 spiro atoms. The Hall–Kier alpha value is -1.77. The molecule has 3 N–H and O–H groups in total. The van der Waals surface area contributed by atoms with Gasteiger partial charge in [-0.2, -0.15) is 0 Å². The van der Waals surface area contributed by atoms with Crippen LogP contribution >= 0.6 is 23.6 Å². The molecule has 1 fully saturated rings. The topological polar surface area (TPSA) is 89.9 Å². The minimum atomic E-state index is -1.12. The van der Waals surface area contributed by atoms with E-state index in [4.69, 9.17) is 12.2 Å². The van der Waals surface area contributed by atoms with Gasteiger partial charge in [-0.05, 0) is 19.4 Å². The van der Waals surface area contributed by atoms with Crippen molar-refractivity contribution < 1.29 is 19.8 Å². The summed E-state index contributed by atoms with van der Waals surface area (Å²) >= 11 is 6.59. The number of rotatable bonds is 4. The molecule has 0 radical (unpaired) electrons. The zero-order valence-corrected chi connectivity index (χ0v) is 14.2. The lowest BCUT2D eigenvalue weighted by atomic mass is 9.83. The van der Waals surface area contributed by atoms with Crippen LogP contribution in [0.2, 0.25) is 0 Å². The van der Waals surface area contributed by atoms with Crippen molar-refractivity contribution >= 4 is 46.0 Å². The van der Waals surface area contributed by atoms with Crippen LogP contribution in [0.4, 0.5) is 0 Å². The smallest absolute Gasteiger partial charge is 0.352 e. The third kappa shape index (κ3) is 2.37. The first kappa shape index (κ1) is 16.1. The van der Waals surface area contributed by atoms with Crippen LogP contribution in [0.25, 0.3) is 5.57 Å². The second kappa shape index (κ2) is 5.70. The van der Waals surface area contributed by atoms with Crippen LogP contribution in [-0.2, 0) is 9.59 Å². The fraction of sp³-hybridized carbons (Fsp3) is 0.400. The molecule has 6 nitrogen and oxygen atoms in total. The Kier molecular flexibility index (Phi) is 3.99. The van der Waals surface area contributed by atoms with E-state index in [9.17, 15) is 19.8 Å². The summed E-state index contributed by atoms with van der Waals surface area (Å²) in [5.41, 5.74) is 1.49. The lowest BCUT2D eigenvalue weighted by Gasteiger charge is -2.44. The molecule has 2 aliphatic rings. The normalized spacial score (nSPS) is 24.3. The van der Waals surface area contributed by atoms with Crippen LogP contribution in [-0.4, -0.2) is 51.2 Å². The number of aliphatic hydroxyl groups is 1. The van der Waals surface area contributed by atoms with Gasteiger partial charge in [-0.25, -0.2) is 4.79 Å². The number of hydrogen-bond donors (Lipinski definition) is 3. The summed E-state index contributed by atoms with van der Waals surface area (Å²) in [7, 11) is 1.73. The lowest BCUT2D eigenvalue weighted by molar-refractivity contribution is -0.161. The maximum absolute atomic E-state index is 12.2. The Morgan fingerprint density at radius 3 is 2.83 bits per heavy atom. The van der Waals surface area contributed by atoms with E-state index < -0.39 is 18.0 Å². The predicted molar refractivity (Wildman–Crippen MR) is 90.1 cm³/mol. The van der Waals surface area contributed by atoms with Crippen molar-refractivity contribution in [1.29, 1.82) is 0 Å². The van der Waals surface area contributed by atoms with E-state index in [1.54, 1.807) is 14.0 Å².